The van der Waals surface area contributed by atoms with E-state index in [1.54, 1.807) is 12.4 Å². The van der Waals surface area contributed by atoms with Crippen molar-refractivity contribution in [2.24, 2.45) is 0 Å². The highest BCUT2D eigenvalue weighted by Crippen LogP contribution is 2.20. The van der Waals surface area contributed by atoms with E-state index in [1.807, 2.05) is 16.6 Å². The maximum Gasteiger partial charge on any atom is 0.234 e. The first-order valence-corrected chi connectivity index (χ1v) is 8.46. The van der Waals surface area contributed by atoms with Gasteiger partial charge in [0.1, 0.15) is 5.01 Å². The van der Waals surface area contributed by atoms with E-state index in [1.165, 1.54) is 11.3 Å². The molecule has 0 aromatic carbocycles. The molecule has 122 valence electrons. The molecule has 0 atom stereocenters. The summed E-state index contributed by atoms with van der Waals surface area (Å²) in [5.41, 5.74) is 0.841. The summed E-state index contributed by atoms with van der Waals surface area (Å²) in [6.07, 6.45) is 4.78. The van der Waals surface area contributed by atoms with Crippen LogP contribution in [0.25, 0.3) is 16.3 Å². The van der Waals surface area contributed by atoms with E-state index < -0.39 is 0 Å². The van der Waals surface area contributed by atoms with E-state index in [9.17, 15) is 0 Å². The second-order valence-corrected chi connectivity index (χ2v) is 6.70. The van der Waals surface area contributed by atoms with Crippen LogP contribution in [0.1, 0.15) is 36.5 Å². The second kappa shape index (κ2) is 6.08. The van der Waals surface area contributed by atoms with Crippen LogP contribution in [0.4, 0.5) is 0 Å². The fraction of sp³-hybridized carbons (Fsp3) is 0.333. The molecule has 0 unspecified atom stereocenters. The van der Waals surface area contributed by atoms with Gasteiger partial charge in [-0.05, 0) is 12.1 Å². The van der Waals surface area contributed by atoms with Gasteiger partial charge in [0.25, 0.3) is 0 Å². The number of aryl methyl sites for hydroxylation is 2. The van der Waals surface area contributed by atoms with Crippen LogP contribution in [0, 0.1) is 0 Å². The number of nitrogens with zero attached hydrogens (tertiary/aromatic N) is 7. The van der Waals surface area contributed by atoms with Crippen LogP contribution < -0.4 is 0 Å². The normalized spacial score (nSPS) is 11.6. The second-order valence-electron chi connectivity index (χ2n) is 5.66. The van der Waals surface area contributed by atoms with Gasteiger partial charge in [0.2, 0.25) is 16.7 Å². The van der Waals surface area contributed by atoms with Crippen molar-refractivity contribution in [1.29, 1.82) is 0 Å². The molecule has 0 radical (unpaired) electrons. The Labute approximate surface area is 141 Å². The van der Waals surface area contributed by atoms with Crippen LogP contribution in [0.15, 0.2) is 29.0 Å². The van der Waals surface area contributed by atoms with E-state index in [0.717, 1.165) is 27.8 Å². The third kappa shape index (κ3) is 2.78. The fourth-order valence-electron chi connectivity index (χ4n) is 2.32. The Bertz CT molecular complexity index is 957. The van der Waals surface area contributed by atoms with Crippen molar-refractivity contribution in [3.05, 3.63) is 41.2 Å². The lowest BCUT2D eigenvalue weighted by molar-refractivity contribution is 0.378. The summed E-state index contributed by atoms with van der Waals surface area (Å²) in [7, 11) is 0. The van der Waals surface area contributed by atoms with E-state index in [2.05, 4.69) is 44.3 Å². The van der Waals surface area contributed by atoms with Crippen molar-refractivity contribution in [2.75, 3.05) is 0 Å². The molecule has 0 N–H and O–H groups in total. The summed E-state index contributed by atoms with van der Waals surface area (Å²) in [6, 6.07) is 3.75. The number of hydrogen-bond donors (Lipinski definition) is 0. The summed E-state index contributed by atoms with van der Waals surface area (Å²) < 4.78 is 7.13. The zero-order valence-corrected chi connectivity index (χ0v) is 14.1. The summed E-state index contributed by atoms with van der Waals surface area (Å²) in [5, 5.41) is 17.9. The van der Waals surface area contributed by atoms with Crippen LogP contribution in [-0.2, 0) is 12.8 Å². The third-order valence-corrected chi connectivity index (χ3v) is 4.47. The monoisotopic (exact) mass is 341 g/mol. The van der Waals surface area contributed by atoms with Crippen LogP contribution in [0.3, 0.4) is 0 Å². The molecule has 8 nitrogen and oxygen atoms in total. The van der Waals surface area contributed by atoms with Crippen molar-refractivity contribution in [3.63, 3.8) is 0 Å². The van der Waals surface area contributed by atoms with Gasteiger partial charge in [-0.3, -0.25) is 4.98 Å². The Hall–Kier alpha value is -2.68. The first-order chi connectivity index (χ1) is 11.7. The van der Waals surface area contributed by atoms with Gasteiger partial charge in [0, 0.05) is 36.7 Å². The zero-order chi connectivity index (χ0) is 16.5. The Kier molecular flexibility index (Phi) is 3.77. The molecular formula is C15H15N7OS. The molecule has 0 aliphatic heterocycles. The van der Waals surface area contributed by atoms with E-state index in [0.29, 0.717) is 18.1 Å². The van der Waals surface area contributed by atoms with Crippen LogP contribution in [-0.4, -0.2) is 34.9 Å². The molecule has 4 aromatic rings. The molecule has 0 bridgehead atoms. The Balaban J connectivity index is 1.48. The highest BCUT2D eigenvalue weighted by atomic mass is 32.1. The molecule has 0 saturated heterocycles. The van der Waals surface area contributed by atoms with Crippen molar-refractivity contribution < 1.29 is 4.52 Å². The SMILES string of the molecule is CC(C)c1nnc2sc(CCc3nc(-c4cccnc4)no3)nn12. The van der Waals surface area contributed by atoms with Crippen molar-refractivity contribution >= 4 is 16.3 Å². The molecule has 24 heavy (non-hydrogen) atoms. The minimum absolute atomic E-state index is 0.285. The largest absolute Gasteiger partial charge is 0.339 e. The van der Waals surface area contributed by atoms with Gasteiger partial charge in [-0.2, -0.15) is 14.6 Å². The van der Waals surface area contributed by atoms with Crippen molar-refractivity contribution in [2.45, 2.75) is 32.6 Å². The molecule has 4 rings (SSSR count). The topological polar surface area (TPSA) is 94.9 Å². The lowest BCUT2D eigenvalue weighted by Crippen LogP contribution is -1.99. The molecule has 0 aliphatic rings. The molecule has 0 amide bonds. The minimum Gasteiger partial charge on any atom is -0.339 e. The molecule has 0 fully saturated rings. The number of rotatable bonds is 5. The predicted octanol–water partition coefficient (Wildman–Crippen LogP) is 2.54. The summed E-state index contributed by atoms with van der Waals surface area (Å²) in [5.74, 6) is 2.30. The van der Waals surface area contributed by atoms with Crippen molar-refractivity contribution in [3.8, 4) is 11.4 Å². The zero-order valence-electron chi connectivity index (χ0n) is 13.2. The summed E-state index contributed by atoms with van der Waals surface area (Å²) in [4.78, 5) is 9.28. The van der Waals surface area contributed by atoms with Gasteiger partial charge in [-0.15, -0.1) is 10.2 Å². The Morgan fingerprint density at radius 2 is 2.17 bits per heavy atom. The molecule has 0 spiro atoms. The first kappa shape index (κ1) is 14.9. The number of fused-ring (bicyclic) bond motifs is 1. The standard InChI is InChI=1S/C15H15N7OS/c1-9(2)14-18-19-15-22(14)20-12(24-15)6-5-11-17-13(21-23-11)10-4-3-7-16-8-10/h3-4,7-9H,5-6H2,1-2H3. The fourth-order valence-corrected chi connectivity index (χ4v) is 3.16. The lowest BCUT2D eigenvalue weighted by Gasteiger charge is -1.97. The van der Waals surface area contributed by atoms with E-state index in [4.69, 9.17) is 4.52 Å². The average molecular weight is 341 g/mol. The maximum absolute atomic E-state index is 5.31. The highest BCUT2D eigenvalue weighted by Gasteiger charge is 2.15. The number of pyridine rings is 1. The van der Waals surface area contributed by atoms with E-state index in [-0.39, 0.29) is 5.92 Å². The van der Waals surface area contributed by atoms with Gasteiger partial charge < -0.3 is 4.52 Å². The summed E-state index contributed by atoms with van der Waals surface area (Å²) in [6.45, 7) is 4.15. The minimum atomic E-state index is 0.285. The molecule has 4 aromatic heterocycles. The molecular weight excluding hydrogens is 326 g/mol. The van der Waals surface area contributed by atoms with Gasteiger partial charge >= 0.3 is 0 Å². The van der Waals surface area contributed by atoms with Gasteiger partial charge in [0.15, 0.2) is 5.82 Å². The first-order valence-electron chi connectivity index (χ1n) is 7.64. The quantitative estimate of drug-likeness (QED) is 0.550. The van der Waals surface area contributed by atoms with Crippen LogP contribution in [0.5, 0.6) is 0 Å². The lowest BCUT2D eigenvalue weighted by atomic mass is 10.2. The highest BCUT2D eigenvalue weighted by molar-refractivity contribution is 7.16. The molecule has 0 saturated carbocycles. The van der Waals surface area contributed by atoms with Crippen LogP contribution in [0.2, 0.25) is 0 Å². The third-order valence-electron chi connectivity index (χ3n) is 3.51. The number of aromatic nitrogens is 7. The Morgan fingerprint density at radius 3 is 2.96 bits per heavy atom. The smallest absolute Gasteiger partial charge is 0.234 e. The maximum atomic E-state index is 5.31. The van der Waals surface area contributed by atoms with Crippen molar-refractivity contribution in [1.82, 2.24) is 34.9 Å². The van der Waals surface area contributed by atoms with Crippen LogP contribution >= 0.6 is 11.3 Å². The predicted molar refractivity (Wildman–Crippen MR) is 87.7 cm³/mol. The van der Waals surface area contributed by atoms with Gasteiger partial charge in [0.05, 0.1) is 0 Å². The molecule has 4 heterocycles. The number of hydrogen-bond acceptors (Lipinski definition) is 8. The molecule has 9 heteroatoms. The molecule has 0 aliphatic carbocycles. The van der Waals surface area contributed by atoms with Gasteiger partial charge in [-0.25, -0.2) is 0 Å². The summed E-state index contributed by atoms with van der Waals surface area (Å²) >= 11 is 1.54. The Morgan fingerprint density at radius 1 is 1.25 bits per heavy atom. The average Bonchev–Trinajstić information content (AvgIpc) is 3.28. The van der Waals surface area contributed by atoms with E-state index >= 15 is 0 Å². The van der Waals surface area contributed by atoms with Gasteiger partial charge in [-0.1, -0.05) is 30.3 Å².